The van der Waals surface area contributed by atoms with Gasteiger partial charge in [-0.2, -0.15) is 0 Å². The van der Waals surface area contributed by atoms with Gasteiger partial charge in [-0.1, -0.05) is 12.1 Å². The summed E-state index contributed by atoms with van der Waals surface area (Å²) < 4.78 is 10.3. The first kappa shape index (κ1) is 8.81. The largest absolute Gasteiger partial charge is 0.487 e. The second-order valence-electron chi connectivity index (χ2n) is 3.08. The minimum absolute atomic E-state index is 0.444. The smallest absolute Gasteiger partial charge is 0.180 e. The minimum Gasteiger partial charge on any atom is -0.487 e. The Morgan fingerprint density at radius 3 is 3.07 bits per heavy atom. The van der Waals surface area contributed by atoms with E-state index in [0.29, 0.717) is 6.61 Å². The van der Waals surface area contributed by atoms with Crippen molar-refractivity contribution >= 4 is 0 Å². The Bertz CT molecular complexity index is 395. The Labute approximate surface area is 82.3 Å². The van der Waals surface area contributed by atoms with Crippen LogP contribution in [0.15, 0.2) is 41.3 Å². The Morgan fingerprint density at radius 1 is 1.43 bits per heavy atom. The third-order valence-corrected chi connectivity index (χ3v) is 1.86. The molecular formula is C11H11NO2. The molecule has 2 rings (SSSR count). The summed E-state index contributed by atoms with van der Waals surface area (Å²) in [5.41, 5.74) is 1.98. The predicted molar refractivity (Wildman–Crippen MR) is 52.0 cm³/mol. The van der Waals surface area contributed by atoms with E-state index in [0.717, 1.165) is 11.4 Å². The van der Waals surface area contributed by atoms with Crippen molar-refractivity contribution in [2.45, 2.75) is 13.5 Å². The van der Waals surface area contributed by atoms with Gasteiger partial charge in [0.2, 0.25) is 0 Å². The molecule has 2 aromatic rings. The number of ether oxygens (including phenoxy) is 1. The predicted octanol–water partition coefficient (Wildman–Crippen LogP) is 2.56. The molecule has 0 radical (unpaired) electrons. The highest BCUT2D eigenvalue weighted by molar-refractivity contribution is 5.27. The molecule has 0 N–H and O–H groups in total. The van der Waals surface area contributed by atoms with Crippen LogP contribution in [-0.4, -0.2) is 4.98 Å². The van der Waals surface area contributed by atoms with E-state index in [9.17, 15) is 0 Å². The molecule has 0 aliphatic heterocycles. The van der Waals surface area contributed by atoms with Crippen molar-refractivity contribution in [3.05, 3.63) is 48.2 Å². The molecule has 72 valence electrons. The number of hydrogen-bond donors (Lipinski definition) is 0. The lowest BCUT2D eigenvalue weighted by Crippen LogP contribution is -1.95. The van der Waals surface area contributed by atoms with Crippen LogP contribution < -0.4 is 4.74 Å². The second kappa shape index (κ2) is 3.96. The molecule has 0 aliphatic rings. The van der Waals surface area contributed by atoms with Crippen molar-refractivity contribution in [3.63, 3.8) is 0 Å². The van der Waals surface area contributed by atoms with Crippen LogP contribution in [0.4, 0.5) is 0 Å². The molecule has 0 bridgehead atoms. The average molecular weight is 189 g/mol. The van der Waals surface area contributed by atoms with E-state index in [1.54, 1.807) is 6.26 Å². The van der Waals surface area contributed by atoms with Crippen LogP contribution in [0.5, 0.6) is 5.75 Å². The van der Waals surface area contributed by atoms with Crippen molar-refractivity contribution in [3.8, 4) is 5.75 Å². The first-order chi connectivity index (χ1) is 6.84. The summed E-state index contributed by atoms with van der Waals surface area (Å²) in [5, 5.41) is 0. The highest BCUT2D eigenvalue weighted by atomic mass is 16.5. The maximum absolute atomic E-state index is 5.51. The summed E-state index contributed by atoms with van der Waals surface area (Å²) in [6, 6.07) is 7.91. The molecule has 0 aliphatic carbocycles. The summed E-state index contributed by atoms with van der Waals surface area (Å²) in [7, 11) is 0. The van der Waals surface area contributed by atoms with E-state index in [1.165, 1.54) is 12.0 Å². The molecule has 0 atom stereocenters. The van der Waals surface area contributed by atoms with E-state index in [1.807, 2.05) is 31.2 Å². The van der Waals surface area contributed by atoms with Crippen molar-refractivity contribution < 1.29 is 9.15 Å². The average Bonchev–Trinajstić information content (AvgIpc) is 2.67. The summed E-state index contributed by atoms with van der Waals surface area (Å²) in [6.45, 7) is 2.48. The maximum Gasteiger partial charge on any atom is 0.180 e. The molecule has 14 heavy (non-hydrogen) atoms. The Morgan fingerprint density at radius 2 is 2.36 bits per heavy atom. The number of nitrogens with zero attached hydrogens (tertiary/aromatic N) is 1. The van der Waals surface area contributed by atoms with E-state index in [2.05, 4.69) is 4.98 Å². The van der Waals surface area contributed by atoms with E-state index < -0.39 is 0 Å². The SMILES string of the molecule is Cc1cccc(OCc2cocn2)c1. The first-order valence-electron chi connectivity index (χ1n) is 4.41. The highest BCUT2D eigenvalue weighted by Crippen LogP contribution is 2.13. The quantitative estimate of drug-likeness (QED) is 0.744. The molecule has 0 saturated carbocycles. The zero-order valence-electron chi connectivity index (χ0n) is 7.93. The van der Waals surface area contributed by atoms with Gasteiger partial charge in [0.25, 0.3) is 0 Å². The van der Waals surface area contributed by atoms with Crippen LogP contribution in [0.2, 0.25) is 0 Å². The Kier molecular flexibility index (Phi) is 2.49. The summed E-state index contributed by atoms with van der Waals surface area (Å²) in [6.07, 6.45) is 2.98. The topological polar surface area (TPSA) is 35.3 Å². The Balaban J connectivity index is 1.98. The number of oxazole rings is 1. The number of rotatable bonds is 3. The fourth-order valence-corrected chi connectivity index (χ4v) is 1.17. The van der Waals surface area contributed by atoms with Gasteiger partial charge in [-0.05, 0) is 24.6 Å². The van der Waals surface area contributed by atoms with Gasteiger partial charge in [0.1, 0.15) is 24.3 Å². The van der Waals surface area contributed by atoms with Gasteiger partial charge < -0.3 is 9.15 Å². The Hall–Kier alpha value is -1.77. The maximum atomic E-state index is 5.51. The summed E-state index contributed by atoms with van der Waals surface area (Å²) >= 11 is 0. The van der Waals surface area contributed by atoms with Gasteiger partial charge in [-0.15, -0.1) is 0 Å². The van der Waals surface area contributed by atoms with Crippen molar-refractivity contribution in [2.24, 2.45) is 0 Å². The number of aryl methyl sites for hydroxylation is 1. The molecule has 0 fully saturated rings. The highest BCUT2D eigenvalue weighted by Gasteiger charge is 1.97. The number of aromatic nitrogens is 1. The van der Waals surface area contributed by atoms with Crippen LogP contribution in [0.3, 0.4) is 0 Å². The van der Waals surface area contributed by atoms with Crippen molar-refractivity contribution in [1.29, 1.82) is 0 Å². The fraction of sp³-hybridized carbons (Fsp3) is 0.182. The van der Waals surface area contributed by atoms with Gasteiger partial charge in [0, 0.05) is 0 Å². The molecule has 0 saturated heterocycles. The van der Waals surface area contributed by atoms with Gasteiger partial charge in [0.05, 0.1) is 0 Å². The van der Waals surface area contributed by atoms with E-state index in [4.69, 9.17) is 9.15 Å². The van der Waals surface area contributed by atoms with Gasteiger partial charge >= 0.3 is 0 Å². The normalized spacial score (nSPS) is 10.1. The van der Waals surface area contributed by atoms with Gasteiger partial charge in [0.15, 0.2) is 6.39 Å². The molecular weight excluding hydrogens is 178 g/mol. The minimum atomic E-state index is 0.444. The first-order valence-corrected chi connectivity index (χ1v) is 4.41. The van der Waals surface area contributed by atoms with Crippen LogP contribution >= 0.6 is 0 Å². The lowest BCUT2D eigenvalue weighted by Gasteiger charge is -2.03. The third-order valence-electron chi connectivity index (χ3n) is 1.86. The van der Waals surface area contributed by atoms with Gasteiger partial charge in [-0.25, -0.2) is 4.98 Å². The molecule has 1 aromatic carbocycles. The lowest BCUT2D eigenvalue weighted by molar-refractivity contribution is 0.301. The summed E-state index contributed by atoms with van der Waals surface area (Å²) in [4.78, 5) is 3.96. The number of hydrogen-bond acceptors (Lipinski definition) is 3. The molecule has 0 unspecified atom stereocenters. The molecule has 0 amide bonds. The zero-order chi connectivity index (χ0) is 9.80. The monoisotopic (exact) mass is 189 g/mol. The van der Waals surface area contributed by atoms with E-state index in [-0.39, 0.29) is 0 Å². The van der Waals surface area contributed by atoms with E-state index >= 15 is 0 Å². The number of benzene rings is 1. The van der Waals surface area contributed by atoms with Crippen LogP contribution in [0.1, 0.15) is 11.3 Å². The van der Waals surface area contributed by atoms with Crippen LogP contribution in [-0.2, 0) is 6.61 Å². The van der Waals surface area contributed by atoms with Crippen LogP contribution in [0.25, 0.3) is 0 Å². The molecule has 1 heterocycles. The molecule has 3 nitrogen and oxygen atoms in total. The zero-order valence-corrected chi connectivity index (χ0v) is 7.93. The van der Waals surface area contributed by atoms with Crippen molar-refractivity contribution in [1.82, 2.24) is 4.98 Å². The third kappa shape index (κ3) is 2.13. The lowest BCUT2D eigenvalue weighted by atomic mass is 10.2. The van der Waals surface area contributed by atoms with Crippen molar-refractivity contribution in [2.75, 3.05) is 0 Å². The summed E-state index contributed by atoms with van der Waals surface area (Å²) in [5.74, 6) is 0.855. The van der Waals surface area contributed by atoms with Gasteiger partial charge in [-0.3, -0.25) is 0 Å². The molecule has 0 spiro atoms. The molecule has 3 heteroatoms. The molecule has 1 aromatic heterocycles. The fourth-order valence-electron chi connectivity index (χ4n) is 1.17. The second-order valence-corrected chi connectivity index (χ2v) is 3.08. The standard InChI is InChI=1S/C11H11NO2/c1-9-3-2-4-11(5-9)14-7-10-6-13-8-12-10/h2-6,8H,7H2,1H3. The van der Waals surface area contributed by atoms with Crippen LogP contribution in [0, 0.1) is 6.92 Å².